The van der Waals surface area contributed by atoms with Crippen LogP contribution in [0.15, 0.2) is 23.3 Å². The summed E-state index contributed by atoms with van der Waals surface area (Å²) in [5.74, 6) is 0.259. The van der Waals surface area contributed by atoms with Crippen molar-refractivity contribution in [3.8, 4) is 5.75 Å². The van der Waals surface area contributed by atoms with E-state index in [1.54, 1.807) is 12.1 Å². The molecular weight excluding hydrogens is 350 g/mol. The maximum absolute atomic E-state index is 11.0. The molecule has 3 N–H and O–H groups in total. The molecule has 6 nitrogen and oxygen atoms in total. The van der Waals surface area contributed by atoms with Crippen molar-refractivity contribution in [1.29, 1.82) is 0 Å². The fraction of sp³-hybridized carbons (Fsp3) is 0.526. The van der Waals surface area contributed by atoms with Gasteiger partial charge in [-0.3, -0.25) is 10.2 Å². The summed E-state index contributed by atoms with van der Waals surface area (Å²) < 4.78 is 5.22. The van der Waals surface area contributed by atoms with Crippen molar-refractivity contribution >= 4 is 29.0 Å². The fourth-order valence-corrected chi connectivity index (χ4v) is 3.43. The Bertz CT molecular complexity index is 691. The van der Waals surface area contributed by atoms with Crippen LogP contribution in [0.4, 0.5) is 0 Å². The first-order valence-electron chi connectivity index (χ1n) is 8.90. The fourth-order valence-electron chi connectivity index (χ4n) is 3.24. The first-order chi connectivity index (χ1) is 12.4. The molecule has 1 fully saturated rings. The molecule has 0 heterocycles. The molecule has 0 radical (unpaired) electrons. The van der Waals surface area contributed by atoms with E-state index in [2.05, 4.69) is 22.8 Å². The summed E-state index contributed by atoms with van der Waals surface area (Å²) in [6, 6.07) is 5.78. The predicted molar refractivity (Wildman–Crippen MR) is 107 cm³/mol. The molecule has 2 atom stereocenters. The lowest BCUT2D eigenvalue weighted by molar-refractivity contribution is -0.136. The summed E-state index contributed by atoms with van der Waals surface area (Å²) in [6.45, 7) is 4.10. The molecule has 1 aromatic carbocycles. The highest BCUT2D eigenvalue weighted by Gasteiger charge is 2.21. The molecule has 0 aliphatic heterocycles. The SMILES string of the molecule is COc1ccc(/C(C)=N\NC(=S)N[C@H]2CCCC[C@@H]2C)cc1CC(=O)O. The van der Waals surface area contributed by atoms with E-state index in [0.29, 0.717) is 28.4 Å². The Kier molecular flexibility index (Phi) is 7.38. The highest BCUT2D eigenvalue weighted by Crippen LogP contribution is 2.23. The number of nitrogens with zero attached hydrogens (tertiary/aromatic N) is 1. The van der Waals surface area contributed by atoms with Crippen LogP contribution < -0.4 is 15.5 Å². The van der Waals surface area contributed by atoms with Gasteiger partial charge in [-0.05, 0) is 61.7 Å². The highest BCUT2D eigenvalue weighted by molar-refractivity contribution is 7.80. The van der Waals surface area contributed by atoms with E-state index in [-0.39, 0.29) is 6.42 Å². The van der Waals surface area contributed by atoms with Gasteiger partial charge in [0.1, 0.15) is 5.75 Å². The molecule has 7 heteroatoms. The standard InChI is InChI=1S/C19H27N3O3S/c1-12-6-4-5-7-16(12)20-19(26)22-21-13(2)14-8-9-17(25-3)15(10-14)11-18(23)24/h8-10,12,16H,4-7,11H2,1-3H3,(H,23,24)(H2,20,22,26)/b21-13-/t12-,16-/m0/s1. The maximum Gasteiger partial charge on any atom is 0.307 e. The van der Waals surface area contributed by atoms with Crippen LogP contribution in [0.25, 0.3) is 0 Å². The molecule has 0 aromatic heterocycles. The second kappa shape index (κ2) is 9.52. The van der Waals surface area contributed by atoms with E-state index in [4.69, 9.17) is 22.1 Å². The first-order valence-corrected chi connectivity index (χ1v) is 9.31. The molecule has 0 unspecified atom stereocenters. The third kappa shape index (κ3) is 5.69. The summed E-state index contributed by atoms with van der Waals surface area (Å²) in [5, 5.41) is 17.2. The van der Waals surface area contributed by atoms with Crippen LogP contribution >= 0.6 is 12.2 Å². The van der Waals surface area contributed by atoms with Crippen LogP contribution in [-0.2, 0) is 11.2 Å². The van der Waals surface area contributed by atoms with Gasteiger partial charge in [-0.1, -0.05) is 19.8 Å². The number of nitrogens with one attached hydrogen (secondary N) is 2. The predicted octanol–water partition coefficient (Wildman–Crippen LogP) is 3.09. The third-order valence-corrected chi connectivity index (χ3v) is 5.00. The number of hydrogen-bond acceptors (Lipinski definition) is 4. The quantitative estimate of drug-likeness (QED) is 0.401. The highest BCUT2D eigenvalue weighted by atomic mass is 32.1. The van der Waals surface area contributed by atoms with Crippen molar-refractivity contribution in [3.63, 3.8) is 0 Å². The zero-order valence-electron chi connectivity index (χ0n) is 15.5. The van der Waals surface area contributed by atoms with Gasteiger partial charge in [-0.2, -0.15) is 5.10 Å². The molecule has 2 rings (SSSR count). The average molecular weight is 378 g/mol. The monoisotopic (exact) mass is 377 g/mol. The van der Waals surface area contributed by atoms with Gasteiger partial charge in [0.2, 0.25) is 0 Å². The van der Waals surface area contributed by atoms with E-state index < -0.39 is 5.97 Å². The smallest absolute Gasteiger partial charge is 0.307 e. The summed E-state index contributed by atoms with van der Waals surface area (Å²) >= 11 is 5.35. The van der Waals surface area contributed by atoms with Crippen molar-refractivity contribution in [2.45, 2.75) is 52.0 Å². The van der Waals surface area contributed by atoms with Gasteiger partial charge in [0.25, 0.3) is 0 Å². The average Bonchev–Trinajstić information content (AvgIpc) is 2.61. The van der Waals surface area contributed by atoms with E-state index in [9.17, 15) is 4.79 Å². The number of carboxylic acids is 1. The summed E-state index contributed by atoms with van der Waals surface area (Å²) in [6.07, 6.45) is 4.76. The van der Waals surface area contributed by atoms with Crippen molar-refractivity contribution in [3.05, 3.63) is 29.3 Å². The van der Waals surface area contributed by atoms with E-state index in [1.807, 2.05) is 13.0 Å². The number of hydrogen-bond donors (Lipinski definition) is 3. The van der Waals surface area contributed by atoms with Crippen LogP contribution in [0.2, 0.25) is 0 Å². The number of hydrazone groups is 1. The lowest BCUT2D eigenvalue weighted by Crippen LogP contribution is -2.44. The number of ether oxygens (including phenoxy) is 1. The summed E-state index contributed by atoms with van der Waals surface area (Å²) in [4.78, 5) is 11.0. The van der Waals surface area contributed by atoms with Crippen molar-refractivity contribution in [2.24, 2.45) is 11.0 Å². The Balaban J connectivity index is 2.01. The zero-order valence-corrected chi connectivity index (χ0v) is 16.4. The number of carbonyl (C=O) groups is 1. The van der Waals surface area contributed by atoms with Gasteiger partial charge < -0.3 is 15.2 Å². The van der Waals surface area contributed by atoms with Gasteiger partial charge in [-0.25, -0.2) is 0 Å². The molecule has 1 aliphatic carbocycles. The molecule has 0 amide bonds. The second-order valence-corrected chi connectivity index (χ2v) is 7.16. The number of thiocarbonyl (C=S) groups is 1. The van der Waals surface area contributed by atoms with Gasteiger partial charge in [0, 0.05) is 11.6 Å². The van der Waals surface area contributed by atoms with Crippen LogP contribution in [0, 0.1) is 5.92 Å². The molecule has 142 valence electrons. The van der Waals surface area contributed by atoms with Crippen LogP contribution in [-0.4, -0.2) is 35.1 Å². The zero-order chi connectivity index (χ0) is 19.1. The molecule has 0 saturated heterocycles. The van der Waals surface area contributed by atoms with E-state index in [0.717, 1.165) is 17.7 Å². The molecule has 1 aliphatic rings. The van der Waals surface area contributed by atoms with Crippen molar-refractivity contribution in [1.82, 2.24) is 10.7 Å². The molecule has 1 saturated carbocycles. The molecule has 0 bridgehead atoms. The maximum atomic E-state index is 11.0. The molecule has 1 aromatic rings. The minimum atomic E-state index is -0.903. The van der Waals surface area contributed by atoms with Gasteiger partial charge in [0.05, 0.1) is 19.2 Å². The lowest BCUT2D eigenvalue weighted by Gasteiger charge is -2.30. The van der Waals surface area contributed by atoms with Gasteiger partial charge >= 0.3 is 5.97 Å². The molecule has 26 heavy (non-hydrogen) atoms. The Hall–Kier alpha value is -2.15. The molecular formula is C19H27N3O3S. The number of aliphatic carboxylic acids is 1. The first kappa shape index (κ1) is 20.2. The Morgan fingerprint density at radius 1 is 1.38 bits per heavy atom. The second-order valence-electron chi connectivity index (χ2n) is 6.75. The van der Waals surface area contributed by atoms with Crippen LogP contribution in [0.1, 0.15) is 50.7 Å². The minimum Gasteiger partial charge on any atom is -0.496 e. The minimum absolute atomic E-state index is 0.0999. The normalized spacial score (nSPS) is 20.3. The van der Waals surface area contributed by atoms with Crippen LogP contribution in [0.5, 0.6) is 5.75 Å². The van der Waals surface area contributed by atoms with E-state index in [1.165, 1.54) is 26.4 Å². The largest absolute Gasteiger partial charge is 0.496 e. The number of benzene rings is 1. The third-order valence-electron chi connectivity index (χ3n) is 4.79. The van der Waals surface area contributed by atoms with Gasteiger partial charge in [-0.15, -0.1) is 0 Å². The summed E-state index contributed by atoms with van der Waals surface area (Å²) in [5.41, 5.74) is 5.06. The van der Waals surface area contributed by atoms with Crippen molar-refractivity contribution < 1.29 is 14.6 Å². The Labute approximate surface area is 160 Å². The van der Waals surface area contributed by atoms with E-state index >= 15 is 0 Å². The number of rotatable bonds is 6. The molecule has 0 spiro atoms. The van der Waals surface area contributed by atoms with Crippen LogP contribution in [0.3, 0.4) is 0 Å². The topological polar surface area (TPSA) is 83.0 Å². The number of carboxylic acid groups (broad SMARTS) is 1. The summed E-state index contributed by atoms with van der Waals surface area (Å²) in [7, 11) is 1.53. The number of methoxy groups -OCH3 is 1. The van der Waals surface area contributed by atoms with Crippen molar-refractivity contribution in [2.75, 3.05) is 7.11 Å². The Morgan fingerprint density at radius 2 is 2.12 bits per heavy atom. The Morgan fingerprint density at radius 3 is 2.77 bits per heavy atom. The van der Waals surface area contributed by atoms with Gasteiger partial charge in [0.15, 0.2) is 5.11 Å². The lowest BCUT2D eigenvalue weighted by atomic mass is 9.86.